The average Bonchev–Trinajstić information content (AvgIpc) is 3.59. The van der Waals surface area contributed by atoms with Gasteiger partial charge in [-0.25, -0.2) is 4.79 Å². The molecule has 450 valence electrons. The minimum absolute atomic E-state index is 0.0153. The van der Waals surface area contributed by atoms with E-state index in [0.717, 1.165) is 5.56 Å². The second kappa shape index (κ2) is 38.6. The van der Waals surface area contributed by atoms with Gasteiger partial charge in [0.05, 0.1) is 0 Å². The fraction of sp³-hybridized carbons (Fsp3) is 0.459. The van der Waals surface area contributed by atoms with Crippen LogP contribution in [0.5, 0.6) is 0 Å². The van der Waals surface area contributed by atoms with Gasteiger partial charge in [-0.2, -0.15) is 0 Å². The van der Waals surface area contributed by atoms with Crippen molar-refractivity contribution in [2.24, 2.45) is 22.9 Å². The maximum Gasteiger partial charge on any atom is 0.326 e. The number of nitrogens with one attached hydrogen (secondary N) is 8. The highest BCUT2D eigenvalue weighted by molar-refractivity contribution is 5.98. The van der Waals surface area contributed by atoms with Gasteiger partial charge in [0.25, 0.3) is 0 Å². The molecule has 0 unspecified atom stereocenters. The molecule has 0 aliphatic heterocycles. The second-order valence-corrected chi connectivity index (χ2v) is 20.5. The van der Waals surface area contributed by atoms with Gasteiger partial charge in [-0.1, -0.05) is 121 Å². The van der Waals surface area contributed by atoms with Gasteiger partial charge in [-0.05, 0) is 125 Å². The van der Waals surface area contributed by atoms with Gasteiger partial charge in [-0.15, -0.1) is 0 Å². The van der Waals surface area contributed by atoms with E-state index in [1.165, 1.54) is 0 Å². The van der Waals surface area contributed by atoms with Crippen LogP contribution in [0.3, 0.4) is 0 Å². The van der Waals surface area contributed by atoms with Crippen LogP contribution in [0.25, 0.3) is 0 Å². The topological polar surface area (TPSA) is 374 Å². The van der Waals surface area contributed by atoms with E-state index in [1.54, 1.807) is 115 Å². The third-order valence-corrected chi connectivity index (χ3v) is 13.9. The third-order valence-electron chi connectivity index (χ3n) is 13.9. The van der Waals surface area contributed by atoms with E-state index in [1.807, 2.05) is 6.07 Å². The van der Waals surface area contributed by atoms with E-state index in [2.05, 4.69) is 42.5 Å². The third kappa shape index (κ3) is 25.3. The average molecular weight is 1150 g/mol. The first-order valence-electron chi connectivity index (χ1n) is 28.7. The molecule has 0 aromatic heterocycles. The van der Waals surface area contributed by atoms with Gasteiger partial charge < -0.3 is 70.6 Å². The van der Waals surface area contributed by atoms with E-state index >= 15 is 0 Å². The second-order valence-electron chi connectivity index (χ2n) is 20.5. The molecule has 0 saturated heterocycles. The number of benzene rings is 4. The molecule has 22 nitrogen and oxygen atoms in total. The summed E-state index contributed by atoms with van der Waals surface area (Å²) in [6.45, 7) is 1.22. The monoisotopic (exact) mass is 1150 g/mol. The molecule has 0 heterocycles. The number of unbranched alkanes of at least 4 members (excludes halogenated alkanes) is 4. The van der Waals surface area contributed by atoms with E-state index in [0.29, 0.717) is 87.6 Å². The summed E-state index contributed by atoms with van der Waals surface area (Å²) in [6.07, 6.45) is 4.48. The van der Waals surface area contributed by atoms with Crippen LogP contribution < -0.4 is 65.5 Å². The van der Waals surface area contributed by atoms with Gasteiger partial charge in [0, 0.05) is 25.7 Å². The van der Waals surface area contributed by atoms with Gasteiger partial charge in [0.15, 0.2) is 0 Å². The largest absolute Gasteiger partial charge is 0.480 e. The molecule has 8 atom stereocenters. The van der Waals surface area contributed by atoms with Gasteiger partial charge in [-0.3, -0.25) is 38.4 Å². The highest BCUT2D eigenvalue weighted by Crippen LogP contribution is 2.14. The molecule has 8 amide bonds. The quantitative estimate of drug-likeness (QED) is 0.0219. The first-order valence-corrected chi connectivity index (χ1v) is 28.7. The van der Waals surface area contributed by atoms with E-state index in [9.17, 15) is 48.3 Å². The minimum atomic E-state index is -1.34. The number of carboxylic acids is 1. The number of hydrogen-bond donors (Lipinski definition) is 13. The number of nitrogens with two attached hydrogens (primary N) is 4. The first kappa shape index (κ1) is 67.5. The summed E-state index contributed by atoms with van der Waals surface area (Å²) in [7, 11) is 0. The molecule has 0 bridgehead atoms. The van der Waals surface area contributed by atoms with Crippen molar-refractivity contribution in [2.75, 3.05) is 26.2 Å². The Kier molecular flexibility index (Phi) is 31.4. The zero-order valence-electron chi connectivity index (χ0n) is 47.3. The predicted octanol–water partition coefficient (Wildman–Crippen LogP) is 1.07. The zero-order chi connectivity index (χ0) is 60.2. The van der Waals surface area contributed by atoms with Crippen LogP contribution in [0, 0.1) is 0 Å². The fourth-order valence-electron chi connectivity index (χ4n) is 9.28. The number of carbonyl (C=O) groups excluding carboxylic acids is 8. The van der Waals surface area contributed by atoms with Crippen LogP contribution in [-0.4, -0.2) is 133 Å². The summed E-state index contributed by atoms with van der Waals surface area (Å²) in [4.78, 5) is 125. The van der Waals surface area contributed by atoms with Crippen molar-refractivity contribution in [1.82, 2.24) is 42.5 Å². The number of amides is 8. The molecular weight excluding hydrogens is 1060 g/mol. The molecule has 0 saturated carbocycles. The molecule has 0 radical (unpaired) electrons. The lowest BCUT2D eigenvalue weighted by atomic mass is 10.0. The molecule has 4 aromatic rings. The van der Waals surface area contributed by atoms with Crippen molar-refractivity contribution in [3.63, 3.8) is 0 Å². The summed E-state index contributed by atoms with van der Waals surface area (Å²) < 4.78 is 0. The van der Waals surface area contributed by atoms with Crippen molar-refractivity contribution in [2.45, 2.75) is 151 Å². The molecular formula is C61H86N12O10. The Bertz CT molecular complexity index is 2600. The van der Waals surface area contributed by atoms with E-state index in [4.69, 9.17) is 22.9 Å². The number of aliphatic carboxylic acids is 1. The normalized spacial score (nSPS) is 13.9. The molecule has 17 N–H and O–H groups in total. The molecule has 0 aliphatic rings. The summed E-state index contributed by atoms with van der Waals surface area (Å²) in [5.41, 5.74) is 25.9. The minimum Gasteiger partial charge on any atom is -0.480 e. The van der Waals surface area contributed by atoms with Crippen molar-refractivity contribution in [1.29, 1.82) is 0 Å². The van der Waals surface area contributed by atoms with Crippen molar-refractivity contribution >= 4 is 53.7 Å². The lowest BCUT2D eigenvalue weighted by Crippen LogP contribution is -2.61. The maximum absolute atomic E-state index is 14.8. The Balaban J connectivity index is 1.64. The Hall–Kier alpha value is -8.05. The van der Waals surface area contributed by atoms with Gasteiger partial charge >= 0.3 is 5.97 Å². The Morgan fingerprint density at radius 3 is 0.795 bits per heavy atom. The Morgan fingerprint density at radius 2 is 0.542 bits per heavy atom. The standard InChI is InChI=1S/C61H86N12O10/c62-33-17-13-29-46(67-57(78)50(66-41-74)37-42-21-5-1-6-22-42)54(75)71-51(38-43-23-7-2-8-24-43)58(79)68-47(30-14-18-34-63)55(76)72-52(39-44-25-9-3-10-26-44)59(80)69-48(31-15-19-35-64)56(77)73-53(40-45-27-11-4-12-28-45)60(81)70-49(61(82)83)32-16-20-36-65/h1-12,21-28,41,46-53H,13-20,29-40,62-65H2,(H,66,74)(H,67,78)(H,68,79)(H,69,80)(H,70,81)(H,71,75)(H,72,76)(H,73,77)(H,82,83)/t46-,47-,48-,49-,50+,51+,52+,53+/m0/s1. The lowest BCUT2D eigenvalue weighted by Gasteiger charge is -2.28. The first-order chi connectivity index (χ1) is 40.2. The molecule has 83 heavy (non-hydrogen) atoms. The van der Waals surface area contributed by atoms with Gasteiger partial charge in [0.2, 0.25) is 47.8 Å². The molecule has 22 heteroatoms. The predicted molar refractivity (Wildman–Crippen MR) is 316 cm³/mol. The summed E-state index contributed by atoms with van der Waals surface area (Å²) in [5.74, 6) is -6.31. The smallest absolute Gasteiger partial charge is 0.326 e. The summed E-state index contributed by atoms with van der Waals surface area (Å²) >= 11 is 0. The molecule has 0 spiro atoms. The fourth-order valence-corrected chi connectivity index (χ4v) is 9.28. The molecule has 4 aromatic carbocycles. The maximum atomic E-state index is 14.8. The van der Waals surface area contributed by atoms with Crippen molar-refractivity contribution in [3.8, 4) is 0 Å². The number of hydrogen-bond acceptors (Lipinski definition) is 13. The van der Waals surface area contributed by atoms with Gasteiger partial charge in [0.1, 0.15) is 48.3 Å². The zero-order valence-corrected chi connectivity index (χ0v) is 47.3. The SMILES string of the molecule is NCCCC[C@H](NC(=O)[C@@H](Cc1ccccc1)NC(=O)[C@H](CCCCN)NC(=O)[C@@H](Cc1ccccc1)NC(=O)[C@H](CCCCN)NC(=O)[C@@H](Cc1ccccc1)NC(=O)[C@H](CCCCN)NC(=O)[C@@H](Cc1ccccc1)NC=O)C(=O)O. The van der Waals surface area contributed by atoms with Crippen LogP contribution in [0.2, 0.25) is 0 Å². The number of rotatable bonds is 41. The van der Waals surface area contributed by atoms with Crippen LogP contribution in [0.15, 0.2) is 121 Å². The van der Waals surface area contributed by atoms with Crippen LogP contribution in [0.4, 0.5) is 0 Å². The van der Waals surface area contributed by atoms with Crippen LogP contribution in [-0.2, 0) is 68.8 Å². The number of carbonyl (C=O) groups is 9. The number of carboxylic acid groups (broad SMARTS) is 1. The molecule has 4 rings (SSSR count). The van der Waals surface area contributed by atoms with Crippen molar-refractivity contribution < 1.29 is 48.3 Å². The lowest BCUT2D eigenvalue weighted by molar-refractivity contribution is -0.142. The van der Waals surface area contributed by atoms with Crippen LogP contribution in [0.1, 0.15) is 99.3 Å². The molecule has 0 aliphatic carbocycles. The highest BCUT2D eigenvalue weighted by Gasteiger charge is 2.35. The molecule has 0 fully saturated rings. The Morgan fingerprint density at radius 1 is 0.325 bits per heavy atom. The van der Waals surface area contributed by atoms with Crippen molar-refractivity contribution in [3.05, 3.63) is 144 Å². The summed E-state index contributed by atoms with van der Waals surface area (Å²) in [5, 5.41) is 32.0. The van der Waals surface area contributed by atoms with E-state index < -0.39 is 95.7 Å². The highest BCUT2D eigenvalue weighted by atomic mass is 16.4. The van der Waals surface area contributed by atoms with E-state index in [-0.39, 0.29) is 64.5 Å². The summed E-state index contributed by atoms with van der Waals surface area (Å²) in [6, 6.07) is 25.6. The van der Waals surface area contributed by atoms with Crippen LogP contribution >= 0.6 is 0 Å². The Labute approximate surface area is 486 Å².